The first-order chi connectivity index (χ1) is 9.04. The van der Waals surface area contributed by atoms with Crippen LogP contribution in [0.15, 0.2) is 23.0 Å². The molecule has 2 rings (SSSR count). The maximum atomic E-state index is 11.4. The second-order valence-electron chi connectivity index (χ2n) is 3.86. The van der Waals surface area contributed by atoms with Crippen LogP contribution < -0.4 is 16.3 Å². The summed E-state index contributed by atoms with van der Waals surface area (Å²) < 4.78 is 0. The first kappa shape index (κ1) is 12.7. The van der Waals surface area contributed by atoms with E-state index in [1.807, 2.05) is 0 Å². The molecule has 1 aromatic heterocycles. The van der Waals surface area contributed by atoms with E-state index in [0.29, 0.717) is 16.7 Å². The smallest absolute Gasteiger partial charge is 0.323 e. The van der Waals surface area contributed by atoms with Gasteiger partial charge in [0.15, 0.2) is 0 Å². The number of amides is 2. The molecule has 0 aliphatic heterocycles. The molecule has 2 aromatic rings. The minimum atomic E-state index is -0.980. The molecular formula is C11H12N4O4. The summed E-state index contributed by atoms with van der Waals surface area (Å²) in [5.41, 5.74) is 1.39. The van der Waals surface area contributed by atoms with Gasteiger partial charge in [-0.3, -0.25) is 4.79 Å². The van der Waals surface area contributed by atoms with Crippen LogP contribution in [-0.4, -0.2) is 33.6 Å². The zero-order valence-electron chi connectivity index (χ0n) is 9.82. The van der Waals surface area contributed by atoms with Crippen LogP contribution in [0.1, 0.15) is 6.42 Å². The summed E-state index contributed by atoms with van der Waals surface area (Å²) in [5, 5.41) is 13.4. The summed E-state index contributed by atoms with van der Waals surface area (Å²) in [6.07, 6.45) is -0.141. The highest BCUT2D eigenvalue weighted by Crippen LogP contribution is 2.14. The lowest BCUT2D eigenvalue weighted by Crippen LogP contribution is -2.30. The number of anilines is 1. The number of benzene rings is 1. The van der Waals surface area contributed by atoms with Crippen molar-refractivity contribution in [3.05, 3.63) is 28.7 Å². The molecule has 19 heavy (non-hydrogen) atoms. The number of aliphatic carboxylic acids is 1. The van der Waals surface area contributed by atoms with Gasteiger partial charge in [0, 0.05) is 12.2 Å². The molecule has 0 aliphatic carbocycles. The third-order valence-corrected chi connectivity index (χ3v) is 2.40. The van der Waals surface area contributed by atoms with Crippen LogP contribution in [-0.2, 0) is 4.79 Å². The van der Waals surface area contributed by atoms with E-state index in [0.717, 1.165) is 0 Å². The Morgan fingerprint density at radius 1 is 1.21 bits per heavy atom. The van der Waals surface area contributed by atoms with Gasteiger partial charge < -0.3 is 25.7 Å². The summed E-state index contributed by atoms with van der Waals surface area (Å²) in [6, 6.07) is 4.38. The number of carbonyl (C=O) groups excluding carboxylic acids is 1. The zero-order chi connectivity index (χ0) is 13.8. The average Bonchev–Trinajstić information content (AvgIpc) is 2.67. The minimum Gasteiger partial charge on any atom is -0.481 e. The predicted molar refractivity (Wildman–Crippen MR) is 68.2 cm³/mol. The van der Waals surface area contributed by atoms with E-state index in [4.69, 9.17) is 5.11 Å². The fourth-order valence-electron chi connectivity index (χ4n) is 1.57. The second-order valence-corrected chi connectivity index (χ2v) is 3.86. The normalized spacial score (nSPS) is 10.3. The first-order valence-electron chi connectivity index (χ1n) is 5.53. The van der Waals surface area contributed by atoms with Crippen LogP contribution in [0.2, 0.25) is 0 Å². The van der Waals surface area contributed by atoms with Gasteiger partial charge in [-0.05, 0) is 18.2 Å². The third-order valence-electron chi connectivity index (χ3n) is 2.40. The van der Waals surface area contributed by atoms with E-state index < -0.39 is 12.0 Å². The van der Waals surface area contributed by atoms with Gasteiger partial charge in [-0.15, -0.1) is 0 Å². The predicted octanol–water partition coefficient (Wildman–Crippen LogP) is 0.452. The largest absolute Gasteiger partial charge is 0.481 e. The molecule has 0 spiro atoms. The highest BCUT2D eigenvalue weighted by atomic mass is 16.4. The number of H-pyrrole nitrogens is 2. The van der Waals surface area contributed by atoms with Crippen molar-refractivity contribution in [3.63, 3.8) is 0 Å². The SMILES string of the molecule is O=C(O)CCNC(=O)Nc1ccc2[nH]c(=O)[nH]c2c1. The monoisotopic (exact) mass is 264 g/mol. The zero-order valence-corrected chi connectivity index (χ0v) is 9.82. The highest BCUT2D eigenvalue weighted by molar-refractivity contribution is 5.91. The van der Waals surface area contributed by atoms with Crippen molar-refractivity contribution >= 4 is 28.7 Å². The number of rotatable bonds is 4. The molecule has 0 unspecified atom stereocenters. The molecular weight excluding hydrogens is 252 g/mol. The van der Waals surface area contributed by atoms with Gasteiger partial charge in [-0.1, -0.05) is 0 Å². The number of carbonyl (C=O) groups is 2. The molecule has 1 aromatic carbocycles. The second kappa shape index (κ2) is 5.25. The number of nitrogens with one attached hydrogen (secondary N) is 4. The van der Waals surface area contributed by atoms with E-state index >= 15 is 0 Å². The Labute approximate surface area is 106 Å². The van der Waals surface area contributed by atoms with Crippen molar-refractivity contribution in [1.82, 2.24) is 15.3 Å². The van der Waals surface area contributed by atoms with Gasteiger partial charge in [0.2, 0.25) is 0 Å². The molecule has 0 saturated carbocycles. The Hall–Kier alpha value is -2.77. The van der Waals surface area contributed by atoms with Crippen LogP contribution in [0.25, 0.3) is 11.0 Å². The number of aromatic amines is 2. The Balaban J connectivity index is 1.98. The van der Waals surface area contributed by atoms with E-state index in [9.17, 15) is 14.4 Å². The van der Waals surface area contributed by atoms with Gasteiger partial charge in [-0.25, -0.2) is 9.59 Å². The molecule has 0 bridgehead atoms. The van der Waals surface area contributed by atoms with Crippen molar-refractivity contribution in [2.45, 2.75) is 6.42 Å². The number of carboxylic acid groups (broad SMARTS) is 1. The van der Waals surface area contributed by atoms with Crippen LogP contribution in [0.5, 0.6) is 0 Å². The van der Waals surface area contributed by atoms with Gasteiger partial charge in [0.1, 0.15) is 0 Å². The molecule has 0 fully saturated rings. The maximum Gasteiger partial charge on any atom is 0.323 e. The summed E-state index contributed by atoms with van der Waals surface area (Å²) in [5.74, 6) is -0.980. The van der Waals surface area contributed by atoms with Gasteiger partial charge in [-0.2, -0.15) is 0 Å². The molecule has 0 radical (unpaired) electrons. The molecule has 8 heteroatoms. The standard InChI is InChI=1S/C11H12N4O4/c16-9(17)3-4-12-10(18)13-6-1-2-7-8(5-6)15-11(19)14-7/h1-2,5H,3-4H2,(H,16,17)(H2,12,13,18)(H2,14,15,19). The van der Waals surface area contributed by atoms with Crippen LogP contribution in [0, 0.1) is 0 Å². The van der Waals surface area contributed by atoms with Crippen LogP contribution in [0.3, 0.4) is 0 Å². The van der Waals surface area contributed by atoms with Gasteiger partial charge >= 0.3 is 17.7 Å². The minimum absolute atomic E-state index is 0.0460. The van der Waals surface area contributed by atoms with Gasteiger partial charge in [0.25, 0.3) is 0 Å². The molecule has 100 valence electrons. The van der Waals surface area contributed by atoms with E-state index in [2.05, 4.69) is 20.6 Å². The number of hydrogen-bond acceptors (Lipinski definition) is 3. The molecule has 5 N–H and O–H groups in total. The molecule has 0 atom stereocenters. The average molecular weight is 264 g/mol. The summed E-state index contributed by atoms with van der Waals surface area (Å²) in [7, 11) is 0. The quantitative estimate of drug-likeness (QED) is 0.549. The highest BCUT2D eigenvalue weighted by Gasteiger charge is 2.04. The molecule has 2 amide bonds. The first-order valence-corrected chi connectivity index (χ1v) is 5.53. The molecule has 0 saturated heterocycles. The molecule has 0 aliphatic rings. The van der Waals surface area contributed by atoms with Crippen molar-refractivity contribution in [2.24, 2.45) is 0 Å². The van der Waals surface area contributed by atoms with Crippen molar-refractivity contribution < 1.29 is 14.7 Å². The van der Waals surface area contributed by atoms with E-state index in [1.54, 1.807) is 18.2 Å². The fraction of sp³-hybridized carbons (Fsp3) is 0.182. The topological polar surface area (TPSA) is 127 Å². The van der Waals surface area contributed by atoms with E-state index in [-0.39, 0.29) is 18.7 Å². The van der Waals surface area contributed by atoms with Crippen LogP contribution in [0.4, 0.5) is 10.5 Å². The summed E-state index contributed by atoms with van der Waals surface area (Å²) >= 11 is 0. The number of aromatic nitrogens is 2. The Bertz CT molecular complexity index is 673. The van der Waals surface area contributed by atoms with Crippen molar-refractivity contribution in [2.75, 3.05) is 11.9 Å². The summed E-state index contributed by atoms with van der Waals surface area (Å²) in [6.45, 7) is 0.0460. The maximum absolute atomic E-state index is 11.4. The lowest BCUT2D eigenvalue weighted by atomic mass is 10.3. The fourth-order valence-corrected chi connectivity index (χ4v) is 1.57. The summed E-state index contributed by atoms with van der Waals surface area (Å²) in [4.78, 5) is 37.9. The van der Waals surface area contributed by atoms with Crippen LogP contribution >= 0.6 is 0 Å². The van der Waals surface area contributed by atoms with Crippen molar-refractivity contribution in [3.8, 4) is 0 Å². The van der Waals surface area contributed by atoms with Crippen molar-refractivity contribution in [1.29, 1.82) is 0 Å². The molecule has 1 heterocycles. The Morgan fingerprint density at radius 3 is 2.68 bits per heavy atom. The number of urea groups is 1. The van der Waals surface area contributed by atoms with E-state index in [1.165, 1.54) is 0 Å². The van der Waals surface area contributed by atoms with Gasteiger partial charge in [0.05, 0.1) is 17.5 Å². The lowest BCUT2D eigenvalue weighted by molar-refractivity contribution is -0.136. The number of imidazole rings is 1. The Kier molecular flexibility index (Phi) is 3.51. The molecule has 8 nitrogen and oxygen atoms in total. The third kappa shape index (κ3) is 3.35. The number of hydrogen-bond donors (Lipinski definition) is 5. The number of fused-ring (bicyclic) bond motifs is 1. The Morgan fingerprint density at radius 2 is 1.95 bits per heavy atom. The number of carboxylic acids is 1. The lowest BCUT2D eigenvalue weighted by Gasteiger charge is -2.06.